The number of carbonyl (C=O) groups excluding carboxylic acids is 1. The van der Waals surface area contributed by atoms with Crippen LogP contribution >= 0.6 is 0 Å². The van der Waals surface area contributed by atoms with Gasteiger partial charge in [0.15, 0.2) is 0 Å². The molecule has 5 heteroatoms. The van der Waals surface area contributed by atoms with E-state index in [0.717, 1.165) is 31.2 Å². The summed E-state index contributed by atoms with van der Waals surface area (Å²) in [5.41, 5.74) is 8.75. The van der Waals surface area contributed by atoms with Gasteiger partial charge in [0.1, 0.15) is 12.1 Å². The fourth-order valence-electron chi connectivity index (χ4n) is 8.00. The number of nitrogens with two attached hydrogens (primary N) is 1. The van der Waals surface area contributed by atoms with Crippen molar-refractivity contribution in [3.05, 3.63) is 46.0 Å². The average molecular weight is 440 g/mol. The zero-order chi connectivity index (χ0) is 22.7. The van der Waals surface area contributed by atoms with Crippen molar-refractivity contribution in [3.8, 4) is 0 Å². The van der Waals surface area contributed by atoms with Gasteiger partial charge in [0.25, 0.3) is 0 Å². The lowest BCUT2D eigenvalue weighted by Gasteiger charge is -2.59. The molecule has 4 aliphatic rings. The zero-order valence-corrected chi connectivity index (χ0v) is 19.6. The van der Waals surface area contributed by atoms with Gasteiger partial charge in [-0.25, -0.2) is 4.79 Å². The van der Waals surface area contributed by atoms with Crippen LogP contribution in [0.3, 0.4) is 0 Å². The molecule has 3 fully saturated rings. The van der Waals surface area contributed by atoms with Gasteiger partial charge in [-0.2, -0.15) is 0 Å². The van der Waals surface area contributed by atoms with E-state index in [-0.39, 0.29) is 23.1 Å². The molecule has 0 aliphatic heterocycles. The molecular weight excluding hydrogens is 402 g/mol. The fourth-order valence-corrected chi connectivity index (χ4v) is 8.00. The van der Waals surface area contributed by atoms with Crippen molar-refractivity contribution in [3.63, 3.8) is 0 Å². The lowest BCUT2D eigenvalue weighted by atomic mass is 9.46. The molecule has 1 unspecified atom stereocenters. The Bertz CT molecular complexity index is 960. The minimum atomic E-state index is -0.546. The Balaban J connectivity index is 1.34. The highest BCUT2D eigenvalue weighted by Gasteiger charge is 2.58. The van der Waals surface area contributed by atoms with E-state index in [2.05, 4.69) is 19.9 Å². The molecule has 8 atom stereocenters. The van der Waals surface area contributed by atoms with E-state index in [9.17, 15) is 9.59 Å². The normalized spacial score (nSPS) is 41.6. The van der Waals surface area contributed by atoms with E-state index in [1.165, 1.54) is 25.7 Å². The fraction of sp³-hybridized carbons (Fsp3) is 0.704. The number of esters is 1. The van der Waals surface area contributed by atoms with Crippen LogP contribution in [-0.2, 0) is 9.53 Å². The van der Waals surface area contributed by atoms with Gasteiger partial charge in [-0.3, -0.25) is 4.79 Å². The smallest absolute Gasteiger partial charge is 0.335 e. The summed E-state index contributed by atoms with van der Waals surface area (Å²) in [5, 5.41) is 0. The van der Waals surface area contributed by atoms with Crippen molar-refractivity contribution in [1.29, 1.82) is 0 Å². The quantitative estimate of drug-likeness (QED) is 0.532. The van der Waals surface area contributed by atoms with Gasteiger partial charge >= 0.3 is 11.6 Å². The molecule has 2 N–H and O–H groups in total. The molecule has 1 heterocycles. The monoisotopic (exact) mass is 439 g/mol. The molecule has 0 saturated heterocycles. The first-order chi connectivity index (χ1) is 15.2. The molecule has 4 aliphatic carbocycles. The van der Waals surface area contributed by atoms with Crippen LogP contribution in [0.25, 0.3) is 0 Å². The van der Waals surface area contributed by atoms with Crippen LogP contribution in [-0.4, -0.2) is 18.1 Å². The molecule has 0 radical (unpaired) electrons. The van der Waals surface area contributed by atoms with Crippen LogP contribution in [0.2, 0.25) is 0 Å². The topological polar surface area (TPSA) is 82.5 Å². The first kappa shape index (κ1) is 21.9. The average Bonchev–Trinajstić information content (AvgIpc) is 3.11. The highest BCUT2D eigenvalue weighted by molar-refractivity contribution is 5.75. The third kappa shape index (κ3) is 3.39. The van der Waals surface area contributed by atoms with Gasteiger partial charge < -0.3 is 14.9 Å². The van der Waals surface area contributed by atoms with E-state index in [4.69, 9.17) is 14.9 Å². The van der Waals surface area contributed by atoms with E-state index in [1.807, 2.05) is 6.07 Å². The molecule has 3 saturated carbocycles. The minimum absolute atomic E-state index is 0.0276. The Kier molecular flexibility index (Phi) is 5.39. The number of hydrogen-bond donors (Lipinski definition) is 1. The summed E-state index contributed by atoms with van der Waals surface area (Å²) in [6.07, 6.45) is 13.2. The minimum Gasteiger partial charge on any atom is -0.461 e. The largest absolute Gasteiger partial charge is 0.461 e. The lowest BCUT2D eigenvalue weighted by molar-refractivity contribution is -0.158. The second kappa shape index (κ2) is 7.86. The zero-order valence-electron chi connectivity index (χ0n) is 19.6. The summed E-state index contributed by atoms with van der Waals surface area (Å²) in [6, 6.07) is 2.98. The van der Waals surface area contributed by atoms with Crippen LogP contribution in [0.1, 0.15) is 83.6 Å². The second-order valence-corrected chi connectivity index (χ2v) is 11.4. The summed E-state index contributed by atoms with van der Waals surface area (Å²) in [5.74, 6) is 2.12. The van der Waals surface area contributed by atoms with Crippen LogP contribution in [0.4, 0.5) is 0 Å². The molecule has 1 aromatic heterocycles. The molecule has 0 spiro atoms. The number of hydrogen-bond acceptors (Lipinski definition) is 5. The Labute approximate surface area is 190 Å². The van der Waals surface area contributed by atoms with E-state index < -0.39 is 6.04 Å². The summed E-state index contributed by atoms with van der Waals surface area (Å²) >= 11 is 0. The van der Waals surface area contributed by atoms with Crippen molar-refractivity contribution in [2.24, 2.45) is 34.3 Å². The molecular formula is C27H37NO4. The summed E-state index contributed by atoms with van der Waals surface area (Å²) in [4.78, 5) is 23.5. The van der Waals surface area contributed by atoms with Crippen LogP contribution in [0, 0.1) is 28.6 Å². The first-order valence-corrected chi connectivity index (χ1v) is 12.5. The number of allylic oxidation sites excluding steroid dienone is 2. The number of fused-ring (bicyclic) bond motifs is 5. The van der Waals surface area contributed by atoms with Crippen LogP contribution < -0.4 is 11.4 Å². The van der Waals surface area contributed by atoms with Crippen molar-refractivity contribution < 1.29 is 13.9 Å². The van der Waals surface area contributed by atoms with Gasteiger partial charge in [-0.15, -0.1) is 0 Å². The molecule has 1 aromatic rings. The van der Waals surface area contributed by atoms with E-state index in [0.29, 0.717) is 29.1 Å². The maximum absolute atomic E-state index is 12.0. The molecule has 0 aromatic carbocycles. The van der Waals surface area contributed by atoms with Gasteiger partial charge in [0.05, 0.1) is 6.26 Å². The first-order valence-electron chi connectivity index (χ1n) is 12.5. The Morgan fingerprint density at radius 2 is 2.00 bits per heavy atom. The Morgan fingerprint density at radius 3 is 2.72 bits per heavy atom. The van der Waals surface area contributed by atoms with Crippen molar-refractivity contribution >= 4 is 5.97 Å². The number of carbonyl (C=O) groups is 1. The van der Waals surface area contributed by atoms with Gasteiger partial charge in [0.2, 0.25) is 0 Å². The van der Waals surface area contributed by atoms with Gasteiger partial charge in [-0.05, 0) is 104 Å². The summed E-state index contributed by atoms with van der Waals surface area (Å²) in [7, 11) is 0. The maximum Gasteiger partial charge on any atom is 0.335 e. The summed E-state index contributed by atoms with van der Waals surface area (Å²) in [6.45, 7) is 6.65. The summed E-state index contributed by atoms with van der Waals surface area (Å²) < 4.78 is 11.0. The molecule has 5 nitrogen and oxygen atoms in total. The molecule has 0 bridgehead atoms. The molecule has 174 valence electrons. The number of ether oxygens (including phenoxy) is 1. The van der Waals surface area contributed by atoms with E-state index in [1.54, 1.807) is 24.8 Å². The van der Waals surface area contributed by atoms with Gasteiger partial charge in [-0.1, -0.05) is 25.5 Å². The molecule has 0 amide bonds. The molecule has 5 rings (SSSR count). The standard InChI is InChI=1S/C27H37NO4/c1-16(28)25(30)32-19-10-12-26(2)18(14-19)5-6-20-22-8-7-21(17-4-9-24(29)31-15-17)27(22,3)13-11-23(20)26/h4,8-9,15-16,18-21,23H,5-7,10-14,28H2,1-3H3/t16-,18?,19-,20-,21+,23-,26-,27+/m0/s1. The predicted molar refractivity (Wildman–Crippen MR) is 123 cm³/mol. The Hall–Kier alpha value is -1.88. The van der Waals surface area contributed by atoms with E-state index >= 15 is 0 Å². The molecule has 32 heavy (non-hydrogen) atoms. The maximum atomic E-state index is 12.0. The highest BCUT2D eigenvalue weighted by Crippen LogP contribution is 2.67. The third-order valence-electron chi connectivity index (χ3n) is 9.80. The Morgan fingerprint density at radius 1 is 1.19 bits per heavy atom. The second-order valence-electron chi connectivity index (χ2n) is 11.4. The van der Waals surface area contributed by atoms with Crippen LogP contribution in [0.15, 0.2) is 39.3 Å². The SMILES string of the molecule is C[C@H](N)C(=O)O[C@H]1CC[C@@]2(C)C(CC[C@H]3C4=CC[C@H](c5ccc(=O)oc5)[C@@]4(C)CC[C@@H]32)C1. The van der Waals surface area contributed by atoms with Crippen molar-refractivity contribution in [1.82, 2.24) is 0 Å². The number of rotatable bonds is 3. The van der Waals surface area contributed by atoms with Crippen molar-refractivity contribution in [2.45, 2.75) is 90.2 Å². The highest BCUT2D eigenvalue weighted by atomic mass is 16.5. The third-order valence-corrected chi connectivity index (χ3v) is 9.80. The van der Waals surface area contributed by atoms with Gasteiger partial charge in [0, 0.05) is 6.07 Å². The van der Waals surface area contributed by atoms with Crippen LogP contribution in [0.5, 0.6) is 0 Å². The van der Waals surface area contributed by atoms with Crippen molar-refractivity contribution in [2.75, 3.05) is 0 Å². The predicted octanol–water partition coefficient (Wildman–Crippen LogP) is 4.95. The lowest BCUT2D eigenvalue weighted by Crippen LogP contribution is -2.52.